The summed E-state index contributed by atoms with van der Waals surface area (Å²) >= 11 is 0. The first-order valence-corrected chi connectivity index (χ1v) is 9.03. The maximum absolute atomic E-state index is 11.6. The lowest BCUT2D eigenvalue weighted by Crippen LogP contribution is -2.39. The van der Waals surface area contributed by atoms with Crippen LogP contribution in [0.1, 0.15) is 25.8 Å². The van der Waals surface area contributed by atoms with Gasteiger partial charge in [0, 0.05) is 27.2 Å². The Morgan fingerprint density at radius 3 is 2.52 bits per heavy atom. The standard InChI is InChI=1S/C19H32N4O3.HI/c1-6-20-19(22-14-18(24)23(3)4)21-12-8-9-15-10-11-16(25-5)17(13-15)26-7-2;/h10-11,13H,6-9,12,14H2,1-5H3,(H2,20,21,22);1H. The Balaban J connectivity index is 0.00000676. The fourth-order valence-corrected chi connectivity index (χ4v) is 2.27. The van der Waals surface area contributed by atoms with Crippen molar-refractivity contribution in [3.05, 3.63) is 23.8 Å². The summed E-state index contributed by atoms with van der Waals surface area (Å²) in [5.41, 5.74) is 1.20. The monoisotopic (exact) mass is 492 g/mol. The Kier molecular flexibility index (Phi) is 13.5. The minimum absolute atomic E-state index is 0. The number of carbonyl (C=O) groups excluding carboxylic acids is 1. The normalized spacial score (nSPS) is 10.6. The number of ether oxygens (including phenoxy) is 2. The van der Waals surface area contributed by atoms with Gasteiger partial charge in [0.05, 0.1) is 13.7 Å². The molecule has 0 aromatic heterocycles. The molecular formula is C19H33IN4O3. The van der Waals surface area contributed by atoms with Crippen LogP contribution >= 0.6 is 24.0 Å². The molecule has 0 atom stereocenters. The highest BCUT2D eigenvalue weighted by atomic mass is 127. The highest BCUT2D eigenvalue weighted by Crippen LogP contribution is 2.28. The molecule has 0 spiro atoms. The summed E-state index contributed by atoms with van der Waals surface area (Å²) in [5.74, 6) is 2.16. The van der Waals surface area contributed by atoms with Crippen LogP contribution in [0.25, 0.3) is 0 Å². The minimum atomic E-state index is -0.0242. The molecule has 8 heteroatoms. The molecule has 0 saturated carbocycles. The summed E-state index contributed by atoms with van der Waals surface area (Å²) in [6.07, 6.45) is 1.84. The number of nitrogens with zero attached hydrogens (tertiary/aromatic N) is 2. The van der Waals surface area contributed by atoms with Crippen LogP contribution < -0.4 is 20.1 Å². The Morgan fingerprint density at radius 1 is 1.19 bits per heavy atom. The van der Waals surface area contributed by atoms with Gasteiger partial charge < -0.3 is 25.0 Å². The Bertz CT molecular complexity index is 594. The summed E-state index contributed by atoms with van der Waals surface area (Å²) in [5, 5.41) is 6.41. The molecule has 0 aliphatic heterocycles. The number of halogens is 1. The Hall–Kier alpha value is -1.71. The third-order valence-corrected chi connectivity index (χ3v) is 3.68. The molecule has 1 amide bonds. The predicted molar refractivity (Wildman–Crippen MR) is 121 cm³/mol. The van der Waals surface area contributed by atoms with Crippen LogP contribution in [0.4, 0.5) is 0 Å². The van der Waals surface area contributed by atoms with E-state index in [0.29, 0.717) is 12.6 Å². The van der Waals surface area contributed by atoms with Crippen molar-refractivity contribution < 1.29 is 14.3 Å². The molecule has 1 aromatic carbocycles. The summed E-state index contributed by atoms with van der Waals surface area (Å²) in [4.78, 5) is 17.5. The van der Waals surface area contributed by atoms with Crippen molar-refractivity contribution in [2.75, 3.05) is 47.4 Å². The van der Waals surface area contributed by atoms with Gasteiger partial charge >= 0.3 is 0 Å². The number of guanidine groups is 1. The van der Waals surface area contributed by atoms with Gasteiger partial charge in [-0.15, -0.1) is 24.0 Å². The van der Waals surface area contributed by atoms with Crippen LogP contribution in [-0.2, 0) is 11.2 Å². The largest absolute Gasteiger partial charge is 0.493 e. The molecule has 1 rings (SSSR count). The van der Waals surface area contributed by atoms with Gasteiger partial charge in [0.25, 0.3) is 0 Å². The molecule has 154 valence electrons. The lowest BCUT2D eigenvalue weighted by Gasteiger charge is -2.13. The first-order chi connectivity index (χ1) is 12.5. The van der Waals surface area contributed by atoms with Gasteiger partial charge in [-0.05, 0) is 44.4 Å². The van der Waals surface area contributed by atoms with E-state index in [1.54, 1.807) is 21.2 Å². The maximum atomic E-state index is 11.6. The molecule has 0 unspecified atom stereocenters. The van der Waals surface area contributed by atoms with E-state index in [4.69, 9.17) is 9.47 Å². The van der Waals surface area contributed by atoms with Crippen LogP contribution in [0.2, 0.25) is 0 Å². The number of nitrogens with one attached hydrogen (secondary N) is 2. The molecule has 27 heavy (non-hydrogen) atoms. The van der Waals surface area contributed by atoms with Gasteiger partial charge in [0.15, 0.2) is 17.5 Å². The number of likely N-dealkylation sites (N-methyl/N-ethyl adjacent to an activating group) is 1. The van der Waals surface area contributed by atoms with E-state index in [2.05, 4.69) is 21.7 Å². The molecule has 0 saturated heterocycles. The number of benzene rings is 1. The zero-order valence-electron chi connectivity index (χ0n) is 17.0. The van der Waals surface area contributed by atoms with Gasteiger partial charge in [-0.3, -0.25) is 4.79 Å². The van der Waals surface area contributed by atoms with Gasteiger partial charge in [-0.2, -0.15) is 0 Å². The average molecular weight is 492 g/mol. The highest BCUT2D eigenvalue weighted by Gasteiger charge is 2.06. The zero-order valence-corrected chi connectivity index (χ0v) is 19.3. The number of carbonyl (C=O) groups is 1. The molecular weight excluding hydrogens is 459 g/mol. The lowest BCUT2D eigenvalue weighted by molar-refractivity contribution is -0.127. The second-order valence-electron chi connectivity index (χ2n) is 5.93. The van der Waals surface area contributed by atoms with Crippen molar-refractivity contribution in [1.29, 1.82) is 0 Å². The van der Waals surface area contributed by atoms with Gasteiger partial charge in [0.1, 0.15) is 6.54 Å². The van der Waals surface area contributed by atoms with Crippen molar-refractivity contribution in [1.82, 2.24) is 15.5 Å². The molecule has 0 bridgehead atoms. The van der Waals surface area contributed by atoms with E-state index in [0.717, 1.165) is 37.4 Å². The number of rotatable bonds is 10. The fourth-order valence-electron chi connectivity index (χ4n) is 2.27. The van der Waals surface area contributed by atoms with Crippen molar-refractivity contribution in [3.8, 4) is 11.5 Å². The number of hydrogen-bond donors (Lipinski definition) is 2. The third kappa shape index (κ3) is 9.69. The number of aryl methyl sites for hydroxylation is 1. The average Bonchev–Trinajstić information content (AvgIpc) is 2.63. The van der Waals surface area contributed by atoms with Gasteiger partial charge in [-0.25, -0.2) is 4.99 Å². The Morgan fingerprint density at radius 2 is 1.93 bits per heavy atom. The van der Waals surface area contributed by atoms with Gasteiger partial charge in [-0.1, -0.05) is 6.07 Å². The summed E-state index contributed by atoms with van der Waals surface area (Å²) in [6.45, 7) is 6.21. The van der Waals surface area contributed by atoms with E-state index < -0.39 is 0 Å². The second-order valence-corrected chi connectivity index (χ2v) is 5.93. The number of hydrogen-bond acceptors (Lipinski definition) is 4. The first-order valence-electron chi connectivity index (χ1n) is 9.03. The van der Waals surface area contributed by atoms with Crippen LogP contribution in [0.3, 0.4) is 0 Å². The summed E-state index contributed by atoms with van der Waals surface area (Å²) in [7, 11) is 5.09. The van der Waals surface area contributed by atoms with Crippen molar-refractivity contribution in [2.24, 2.45) is 4.99 Å². The van der Waals surface area contributed by atoms with E-state index in [-0.39, 0.29) is 36.4 Å². The molecule has 0 aliphatic rings. The van der Waals surface area contributed by atoms with Crippen LogP contribution in [0.5, 0.6) is 11.5 Å². The van der Waals surface area contributed by atoms with E-state index in [1.807, 2.05) is 26.0 Å². The fraction of sp³-hybridized carbons (Fsp3) is 0.579. The minimum Gasteiger partial charge on any atom is -0.493 e. The van der Waals surface area contributed by atoms with Crippen molar-refractivity contribution in [2.45, 2.75) is 26.7 Å². The Labute approximate surface area is 179 Å². The van der Waals surface area contributed by atoms with Gasteiger partial charge in [0.2, 0.25) is 5.91 Å². The van der Waals surface area contributed by atoms with Crippen LogP contribution in [0, 0.1) is 0 Å². The maximum Gasteiger partial charge on any atom is 0.243 e. The van der Waals surface area contributed by atoms with E-state index >= 15 is 0 Å². The zero-order chi connectivity index (χ0) is 19.4. The molecule has 7 nitrogen and oxygen atoms in total. The molecule has 0 radical (unpaired) electrons. The lowest BCUT2D eigenvalue weighted by atomic mass is 10.1. The number of aliphatic imine (C=N–C) groups is 1. The molecule has 0 aliphatic carbocycles. The van der Waals surface area contributed by atoms with Crippen LogP contribution in [-0.4, -0.2) is 64.2 Å². The summed E-state index contributed by atoms with van der Waals surface area (Å²) in [6, 6.07) is 6.01. The molecule has 0 heterocycles. The third-order valence-electron chi connectivity index (χ3n) is 3.68. The summed E-state index contributed by atoms with van der Waals surface area (Å²) < 4.78 is 10.9. The molecule has 1 aromatic rings. The topological polar surface area (TPSA) is 75.2 Å². The van der Waals surface area contributed by atoms with Crippen molar-refractivity contribution >= 4 is 35.8 Å². The SMILES string of the molecule is CCNC(=NCC(=O)N(C)C)NCCCc1ccc(OC)c(OCC)c1.I. The smallest absolute Gasteiger partial charge is 0.243 e. The number of methoxy groups -OCH3 is 1. The predicted octanol–water partition coefficient (Wildman–Crippen LogP) is 2.29. The highest BCUT2D eigenvalue weighted by molar-refractivity contribution is 14.0. The van der Waals surface area contributed by atoms with E-state index in [9.17, 15) is 4.79 Å². The second kappa shape index (κ2) is 14.4. The molecule has 2 N–H and O–H groups in total. The van der Waals surface area contributed by atoms with E-state index in [1.165, 1.54) is 10.5 Å². The quantitative estimate of drug-likeness (QED) is 0.227. The first kappa shape index (κ1) is 25.3. The van der Waals surface area contributed by atoms with Crippen LogP contribution in [0.15, 0.2) is 23.2 Å². The number of amides is 1. The molecule has 0 fully saturated rings. The van der Waals surface area contributed by atoms with Crippen molar-refractivity contribution in [3.63, 3.8) is 0 Å².